The first kappa shape index (κ1) is 12.8. The van der Waals surface area contributed by atoms with Crippen molar-refractivity contribution in [3.63, 3.8) is 0 Å². The lowest BCUT2D eigenvalue weighted by Gasteiger charge is -2.24. The van der Waals surface area contributed by atoms with Gasteiger partial charge in [0, 0.05) is 31.7 Å². The van der Waals surface area contributed by atoms with Crippen molar-refractivity contribution in [2.24, 2.45) is 0 Å². The van der Waals surface area contributed by atoms with Crippen molar-refractivity contribution >= 4 is 5.82 Å². The molecule has 104 valence electrons. The standard InChI is InChI=1S/C14H22N4O/c1-2-12(10-15-7-1)16-14-4-3-13(17-18-14)11-5-8-19-9-6-11/h3-4,11-12,15H,1-2,5-10H2,(H,16,18). The number of nitrogens with one attached hydrogen (secondary N) is 2. The van der Waals surface area contributed by atoms with E-state index in [9.17, 15) is 0 Å². The summed E-state index contributed by atoms with van der Waals surface area (Å²) >= 11 is 0. The van der Waals surface area contributed by atoms with Gasteiger partial charge in [-0.1, -0.05) is 0 Å². The molecule has 2 saturated heterocycles. The lowest BCUT2D eigenvalue weighted by Crippen LogP contribution is -2.38. The van der Waals surface area contributed by atoms with Crippen molar-refractivity contribution in [3.05, 3.63) is 17.8 Å². The Labute approximate surface area is 114 Å². The lowest BCUT2D eigenvalue weighted by molar-refractivity contribution is 0.0843. The van der Waals surface area contributed by atoms with Crippen LogP contribution >= 0.6 is 0 Å². The van der Waals surface area contributed by atoms with E-state index in [2.05, 4.69) is 33.0 Å². The number of anilines is 1. The third-order valence-electron chi connectivity index (χ3n) is 3.97. The van der Waals surface area contributed by atoms with E-state index in [-0.39, 0.29) is 0 Å². The fraction of sp³-hybridized carbons (Fsp3) is 0.714. The first-order valence-corrected chi connectivity index (χ1v) is 7.30. The van der Waals surface area contributed by atoms with Gasteiger partial charge in [-0.3, -0.25) is 0 Å². The number of hydrogen-bond donors (Lipinski definition) is 2. The van der Waals surface area contributed by atoms with Crippen LogP contribution in [-0.2, 0) is 4.74 Å². The number of ether oxygens (including phenoxy) is 1. The minimum Gasteiger partial charge on any atom is -0.381 e. The molecule has 0 aromatic carbocycles. The third kappa shape index (κ3) is 3.42. The summed E-state index contributed by atoms with van der Waals surface area (Å²) in [7, 11) is 0. The SMILES string of the molecule is c1cc(C2CCOCC2)nnc1NC1CCCNC1. The van der Waals surface area contributed by atoms with Gasteiger partial charge >= 0.3 is 0 Å². The Bertz CT molecular complexity index is 383. The summed E-state index contributed by atoms with van der Waals surface area (Å²) in [5.74, 6) is 1.41. The molecule has 3 rings (SSSR count). The van der Waals surface area contributed by atoms with Crippen LogP contribution in [0, 0.1) is 0 Å². The number of aromatic nitrogens is 2. The Hall–Kier alpha value is -1.20. The van der Waals surface area contributed by atoms with Crippen LogP contribution in [0.3, 0.4) is 0 Å². The van der Waals surface area contributed by atoms with Gasteiger partial charge in [0.2, 0.25) is 0 Å². The van der Waals surface area contributed by atoms with E-state index in [1.807, 2.05) is 0 Å². The van der Waals surface area contributed by atoms with E-state index in [1.54, 1.807) is 0 Å². The second-order valence-electron chi connectivity index (χ2n) is 5.42. The van der Waals surface area contributed by atoms with Crippen molar-refractivity contribution in [3.8, 4) is 0 Å². The maximum Gasteiger partial charge on any atom is 0.148 e. The predicted molar refractivity (Wildman–Crippen MR) is 74.3 cm³/mol. The molecular weight excluding hydrogens is 240 g/mol. The molecule has 1 aromatic heterocycles. The maximum atomic E-state index is 5.38. The summed E-state index contributed by atoms with van der Waals surface area (Å²) in [4.78, 5) is 0. The number of rotatable bonds is 3. The lowest BCUT2D eigenvalue weighted by atomic mass is 9.96. The molecule has 0 radical (unpaired) electrons. The van der Waals surface area contributed by atoms with Crippen LogP contribution in [0.5, 0.6) is 0 Å². The molecule has 2 N–H and O–H groups in total. The van der Waals surface area contributed by atoms with Gasteiger partial charge < -0.3 is 15.4 Å². The fourth-order valence-corrected chi connectivity index (χ4v) is 2.81. The highest BCUT2D eigenvalue weighted by atomic mass is 16.5. The molecule has 0 saturated carbocycles. The van der Waals surface area contributed by atoms with Gasteiger partial charge in [-0.2, -0.15) is 5.10 Å². The number of nitrogens with zero attached hydrogens (tertiary/aromatic N) is 2. The zero-order valence-corrected chi connectivity index (χ0v) is 11.3. The molecule has 0 amide bonds. The smallest absolute Gasteiger partial charge is 0.148 e. The quantitative estimate of drug-likeness (QED) is 0.865. The van der Waals surface area contributed by atoms with E-state index in [1.165, 1.54) is 12.8 Å². The maximum absolute atomic E-state index is 5.38. The van der Waals surface area contributed by atoms with Crippen LogP contribution in [0.2, 0.25) is 0 Å². The van der Waals surface area contributed by atoms with E-state index in [4.69, 9.17) is 4.74 Å². The van der Waals surface area contributed by atoms with Gasteiger partial charge in [-0.05, 0) is 44.4 Å². The fourth-order valence-electron chi connectivity index (χ4n) is 2.81. The highest BCUT2D eigenvalue weighted by Gasteiger charge is 2.18. The molecule has 2 fully saturated rings. The van der Waals surface area contributed by atoms with Gasteiger partial charge in [0.1, 0.15) is 5.82 Å². The molecule has 5 nitrogen and oxygen atoms in total. The Morgan fingerprint density at radius 1 is 1.16 bits per heavy atom. The van der Waals surface area contributed by atoms with Crippen molar-refractivity contribution in [2.45, 2.75) is 37.6 Å². The molecule has 2 aliphatic rings. The molecule has 0 spiro atoms. The second-order valence-corrected chi connectivity index (χ2v) is 5.42. The normalized spacial score (nSPS) is 25.2. The molecule has 0 bridgehead atoms. The van der Waals surface area contributed by atoms with Crippen molar-refractivity contribution in [2.75, 3.05) is 31.6 Å². The number of hydrogen-bond acceptors (Lipinski definition) is 5. The van der Waals surface area contributed by atoms with Gasteiger partial charge in [-0.25, -0.2) is 0 Å². The van der Waals surface area contributed by atoms with E-state index in [0.717, 1.165) is 50.7 Å². The average molecular weight is 262 g/mol. The highest BCUT2D eigenvalue weighted by molar-refractivity contribution is 5.35. The molecular formula is C14H22N4O. The summed E-state index contributed by atoms with van der Waals surface area (Å²) in [6.07, 6.45) is 4.56. The van der Waals surface area contributed by atoms with E-state index in [0.29, 0.717) is 12.0 Å². The van der Waals surface area contributed by atoms with Crippen LogP contribution in [-0.4, -0.2) is 42.5 Å². The Kier molecular flexibility index (Phi) is 4.25. The van der Waals surface area contributed by atoms with Gasteiger partial charge in [-0.15, -0.1) is 5.10 Å². The molecule has 1 unspecified atom stereocenters. The third-order valence-corrected chi connectivity index (χ3v) is 3.97. The van der Waals surface area contributed by atoms with Crippen molar-refractivity contribution < 1.29 is 4.74 Å². The van der Waals surface area contributed by atoms with Crippen LogP contribution in [0.1, 0.15) is 37.3 Å². The van der Waals surface area contributed by atoms with Crippen LogP contribution in [0.15, 0.2) is 12.1 Å². The second kappa shape index (κ2) is 6.30. The zero-order valence-electron chi connectivity index (χ0n) is 11.3. The molecule has 0 aliphatic carbocycles. The highest BCUT2D eigenvalue weighted by Crippen LogP contribution is 2.25. The number of piperidine rings is 1. The van der Waals surface area contributed by atoms with Gasteiger partial charge in [0.15, 0.2) is 0 Å². The molecule has 3 heterocycles. The monoisotopic (exact) mass is 262 g/mol. The van der Waals surface area contributed by atoms with Crippen LogP contribution in [0.4, 0.5) is 5.82 Å². The topological polar surface area (TPSA) is 59.1 Å². The molecule has 2 aliphatic heterocycles. The van der Waals surface area contributed by atoms with Gasteiger partial charge in [0.25, 0.3) is 0 Å². The summed E-state index contributed by atoms with van der Waals surface area (Å²) < 4.78 is 5.38. The molecule has 5 heteroatoms. The Morgan fingerprint density at radius 3 is 2.74 bits per heavy atom. The Balaban J connectivity index is 1.58. The summed E-state index contributed by atoms with van der Waals surface area (Å²) in [6, 6.07) is 4.66. The van der Waals surface area contributed by atoms with Gasteiger partial charge in [0.05, 0.1) is 5.69 Å². The zero-order chi connectivity index (χ0) is 12.9. The molecule has 1 atom stereocenters. The first-order chi connectivity index (χ1) is 9.42. The predicted octanol–water partition coefficient (Wildman–Crippen LogP) is 1.53. The van der Waals surface area contributed by atoms with Crippen molar-refractivity contribution in [1.82, 2.24) is 15.5 Å². The van der Waals surface area contributed by atoms with Crippen LogP contribution < -0.4 is 10.6 Å². The summed E-state index contributed by atoms with van der Waals surface area (Å²) in [5.41, 5.74) is 1.11. The minimum atomic E-state index is 0.483. The van der Waals surface area contributed by atoms with Crippen molar-refractivity contribution in [1.29, 1.82) is 0 Å². The minimum absolute atomic E-state index is 0.483. The first-order valence-electron chi connectivity index (χ1n) is 7.30. The average Bonchev–Trinajstić information content (AvgIpc) is 2.50. The Morgan fingerprint density at radius 2 is 2.05 bits per heavy atom. The van der Waals surface area contributed by atoms with Crippen LogP contribution in [0.25, 0.3) is 0 Å². The molecule has 19 heavy (non-hydrogen) atoms. The van der Waals surface area contributed by atoms with E-state index < -0.39 is 0 Å². The molecule has 1 aromatic rings. The largest absolute Gasteiger partial charge is 0.381 e. The summed E-state index contributed by atoms with van der Waals surface area (Å²) in [5, 5.41) is 15.5. The van der Waals surface area contributed by atoms with E-state index >= 15 is 0 Å². The summed E-state index contributed by atoms with van der Waals surface area (Å²) in [6.45, 7) is 3.84.